The van der Waals surface area contributed by atoms with E-state index in [1.54, 1.807) is 21.6 Å². The molecular weight excluding hydrogens is 88.2 g/mol. The summed E-state index contributed by atoms with van der Waals surface area (Å²) in [5.41, 5.74) is 0. The zero-order valence-corrected chi connectivity index (χ0v) is 4.45. The summed E-state index contributed by atoms with van der Waals surface area (Å²) in [7, 11) is 3.55. The molecule has 0 unspecified atom stereocenters. The molecule has 27 valence electrons. The minimum atomic E-state index is 0. The molecule has 0 amide bonds. The topological polar surface area (TPSA) is 0 Å². The van der Waals surface area contributed by atoms with E-state index >= 15 is 0 Å². The van der Waals surface area contributed by atoms with Gasteiger partial charge in [-0.15, -0.1) is 0 Å². The summed E-state index contributed by atoms with van der Waals surface area (Å²) in [5.74, 6) is 0. The van der Waals surface area contributed by atoms with Gasteiger partial charge in [0, 0.05) is 1.43 Å². The molecule has 0 bridgehead atoms. The predicted octanol–water partition coefficient (Wildman–Crippen LogP) is 1.74. The highest BCUT2D eigenvalue weighted by atomic mass is 33.1. The van der Waals surface area contributed by atoms with Crippen LogP contribution in [0.15, 0.2) is 0 Å². The molecule has 0 rings (SSSR count). The Hall–Kier alpha value is 0.700. The molecule has 0 atom stereocenters. The van der Waals surface area contributed by atoms with Crippen LogP contribution in [0.4, 0.5) is 0 Å². The van der Waals surface area contributed by atoms with Crippen LogP contribution in [0, 0.1) is 0 Å². The maximum absolute atomic E-state index is 2.06. The van der Waals surface area contributed by atoms with Gasteiger partial charge in [0.05, 0.1) is 0 Å². The Morgan fingerprint density at radius 2 is 1.50 bits per heavy atom. The molecule has 0 aliphatic carbocycles. The lowest BCUT2D eigenvalue weighted by atomic mass is 12.0. The molecule has 0 aromatic heterocycles. The van der Waals surface area contributed by atoms with E-state index in [-0.39, 0.29) is 1.43 Å². The fourth-order valence-electron chi connectivity index (χ4n) is 0. The van der Waals surface area contributed by atoms with Gasteiger partial charge in [-0.25, -0.2) is 0 Å². The van der Waals surface area contributed by atoms with Crippen LogP contribution in [-0.2, 0) is 0 Å². The standard InChI is InChI=1S/C2H6S2.H/c1-3-4-2;/h1-2H3;. The van der Waals surface area contributed by atoms with Gasteiger partial charge in [-0.2, -0.15) is 0 Å². The molecule has 0 saturated heterocycles. The second kappa shape index (κ2) is 3.70. The fourth-order valence-corrected chi connectivity index (χ4v) is 0. The zero-order valence-electron chi connectivity index (χ0n) is 3.82. The first-order valence-electron chi connectivity index (χ1n) is 0.983. The van der Waals surface area contributed by atoms with Crippen molar-refractivity contribution in [3.8, 4) is 0 Å². The molecule has 0 aromatic rings. The van der Waals surface area contributed by atoms with E-state index in [1.807, 2.05) is 0 Å². The second-order valence-electron chi connectivity index (χ2n) is 0.333. The molecule has 0 aromatic carbocycles. The predicted molar refractivity (Wildman–Crippen MR) is 28.1 cm³/mol. The largest absolute Gasteiger partial charge is 0.0979 e. The Bertz CT molecular complexity index is 9.61. The zero-order chi connectivity index (χ0) is 3.41. The van der Waals surface area contributed by atoms with Crippen molar-refractivity contribution in [3.05, 3.63) is 0 Å². The number of hydrogen-bond donors (Lipinski definition) is 0. The van der Waals surface area contributed by atoms with Crippen molar-refractivity contribution < 1.29 is 1.43 Å². The van der Waals surface area contributed by atoms with E-state index < -0.39 is 0 Å². The Balaban J connectivity index is 0. The lowest BCUT2D eigenvalue weighted by Crippen LogP contribution is -1.28. The van der Waals surface area contributed by atoms with Gasteiger partial charge in [0.25, 0.3) is 0 Å². The molecule has 0 heterocycles. The second-order valence-corrected chi connectivity index (χ2v) is 3.00. The highest BCUT2D eigenvalue weighted by molar-refractivity contribution is 8.76. The third-order valence-electron chi connectivity index (χ3n) is 0.167. The molecular formula is C2H7S2. The van der Waals surface area contributed by atoms with Crippen LogP contribution < -0.4 is 0 Å². The summed E-state index contributed by atoms with van der Waals surface area (Å²) in [6, 6.07) is 0. The van der Waals surface area contributed by atoms with Gasteiger partial charge >= 0.3 is 0 Å². The van der Waals surface area contributed by atoms with Crippen LogP contribution in [0.1, 0.15) is 1.43 Å². The van der Waals surface area contributed by atoms with Gasteiger partial charge in [0.1, 0.15) is 0 Å². The van der Waals surface area contributed by atoms with Crippen molar-refractivity contribution in [1.82, 2.24) is 0 Å². The Morgan fingerprint density at radius 3 is 1.50 bits per heavy atom. The van der Waals surface area contributed by atoms with Crippen molar-refractivity contribution in [2.45, 2.75) is 0 Å². The van der Waals surface area contributed by atoms with Crippen LogP contribution in [0.2, 0.25) is 0 Å². The van der Waals surface area contributed by atoms with Gasteiger partial charge in [-0.05, 0) is 12.5 Å². The van der Waals surface area contributed by atoms with Crippen molar-refractivity contribution >= 4 is 21.6 Å². The molecule has 0 saturated carbocycles. The van der Waals surface area contributed by atoms with Gasteiger partial charge < -0.3 is 0 Å². The van der Waals surface area contributed by atoms with E-state index in [1.165, 1.54) is 0 Å². The lowest BCUT2D eigenvalue weighted by molar-refractivity contribution is 2.51. The highest BCUT2D eigenvalue weighted by Crippen LogP contribution is 2.09. The lowest BCUT2D eigenvalue weighted by Gasteiger charge is -1.69. The van der Waals surface area contributed by atoms with E-state index in [0.717, 1.165) is 0 Å². The molecule has 0 spiro atoms. The molecule has 0 nitrogen and oxygen atoms in total. The summed E-state index contributed by atoms with van der Waals surface area (Å²) in [5, 5.41) is 0. The first-order valence-corrected chi connectivity index (χ1v) is 3.95. The van der Waals surface area contributed by atoms with E-state index in [2.05, 4.69) is 12.5 Å². The van der Waals surface area contributed by atoms with Gasteiger partial charge in [-0.1, -0.05) is 21.6 Å². The van der Waals surface area contributed by atoms with E-state index in [9.17, 15) is 0 Å². The van der Waals surface area contributed by atoms with Crippen molar-refractivity contribution in [3.63, 3.8) is 0 Å². The average molecular weight is 95.2 g/mol. The van der Waals surface area contributed by atoms with Crippen LogP contribution in [-0.4, -0.2) is 12.5 Å². The fraction of sp³-hybridized carbons (Fsp3) is 1.00. The van der Waals surface area contributed by atoms with Crippen molar-refractivity contribution in [2.24, 2.45) is 0 Å². The monoisotopic (exact) mass is 95.0 g/mol. The highest BCUT2D eigenvalue weighted by Gasteiger charge is 1.55. The minimum absolute atomic E-state index is 0. The van der Waals surface area contributed by atoms with Crippen LogP contribution in [0.5, 0.6) is 0 Å². The molecule has 0 fully saturated rings. The quantitative estimate of drug-likeness (QED) is 0.455. The Kier molecular flexibility index (Phi) is 4.35. The van der Waals surface area contributed by atoms with Crippen molar-refractivity contribution in [2.75, 3.05) is 12.5 Å². The van der Waals surface area contributed by atoms with Gasteiger partial charge in [-0.3, -0.25) is 0 Å². The average Bonchev–Trinajstić information content (AvgIpc) is 1.37. The van der Waals surface area contributed by atoms with Crippen LogP contribution in [0.25, 0.3) is 0 Å². The summed E-state index contributed by atoms with van der Waals surface area (Å²) in [4.78, 5) is 0. The first-order chi connectivity index (χ1) is 1.91. The van der Waals surface area contributed by atoms with Crippen molar-refractivity contribution in [1.29, 1.82) is 0 Å². The normalized spacial score (nSPS) is 7.50. The Labute approximate surface area is 36.2 Å². The van der Waals surface area contributed by atoms with E-state index in [4.69, 9.17) is 0 Å². The smallest absolute Gasteiger partial charge is 0 e. The third-order valence-corrected chi connectivity index (χ3v) is 1.50. The summed E-state index contributed by atoms with van der Waals surface area (Å²) in [6.45, 7) is 0. The molecule has 1 radical (unpaired) electrons. The molecule has 0 N–H and O–H groups in total. The molecule has 0 aliphatic rings. The van der Waals surface area contributed by atoms with Crippen LogP contribution >= 0.6 is 21.6 Å². The summed E-state index contributed by atoms with van der Waals surface area (Å²) >= 11 is 0. The van der Waals surface area contributed by atoms with Gasteiger partial charge in [0.15, 0.2) is 0 Å². The van der Waals surface area contributed by atoms with Crippen LogP contribution in [0.3, 0.4) is 0 Å². The summed E-state index contributed by atoms with van der Waals surface area (Å²) in [6.07, 6.45) is 4.12. The maximum Gasteiger partial charge on any atom is 0 e. The third kappa shape index (κ3) is 2.70. The van der Waals surface area contributed by atoms with E-state index in [0.29, 0.717) is 0 Å². The maximum atomic E-state index is 2.06. The number of rotatable bonds is 1. The van der Waals surface area contributed by atoms with Gasteiger partial charge in [0.2, 0.25) is 0 Å². The SMILES string of the molecule is CSSC.[H]. The first kappa shape index (κ1) is 4.70. The minimum Gasteiger partial charge on any atom is -0.0979 e. The number of hydrogen-bond acceptors (Lipinski definition) is 2. The summed E-state index contributed by atoms with van der Waals surface area (Å²) < 4.78 is 0. The Morgan fingerprint density at radius 1 is 1.25 bits per heavy atom. The molecule has 2 heteroatoms. The molecule has 4 heavy (non-hydrogen) atoms. The molecule has 0 aliphatic heterocycles.